The minimum Gasteiger partial charge on any atom is -0.305 e. The molecule has 1 aromatic heterocycles. The maximum Gasteiger partial charge on any atom is 0.142 e. The summed E-state index contributed by atoms with van der Waals surface area (Å²) in [5, 5.41) is 5.58. The number of nitrogens with two attached hydrogens (primary N) is 1. The topological polar surface area (TPSA) is 59.2 Å². The van der Waals surface area contributed by atoms with Gasteiger partial charge in [-0.25, -0.2) is 14.3 Å². The first-order valence-electron chi connectivity index (χ1n) is 3.85. The highest BCUT2D eigenvalue weighted by Gasteiger charge is 2.00. The van der Waals surface area contributed by atoms with Gasteiger partial charge in [0.15, 0.2) is 0 Å². The number of hydrogen-bond donors (Lipinski definition) is 1. The standard InChI is InChI=1S/C8H13N3OS/c1-11(2)6-7-3-4-8(10-5-7)13(9)12/h3-5H,6,9H2,1-2H3. The highest BCUT2D eigenvalue weighted by molar-refractivity contribution is 7.82. The summed E-state index contributed by atoms with van der Waals surface area (Å²) in [5.74, 6) is 0. The van der Waals surface area contributed by atoms with Crippen LogP contribution in [0.2, 0.25) is 0 Å². The Morgan fingerprint density at radius 1 is 1.54 bits per heavy atom. The summed E-state index contributed by atoms with van der Waals surface area (Å²) in [6, 6.07) is 3.57. The molecule has 0 saturated heterocycles. The summed E-state index contributed by atoms with van der Waals surface area (Å²) < 4.78 is 10.8. The summed E-state index contributed by atoms with van der Waals surface area (Å²) >= 11 is 0. The maximum absolute atomic E-state index is 10.8. The van der Waals surface area contributed by atoms with E-state index in [0.717, 1.165) is 12.1 Å². The Hall–Kier alpha value is -0.780. The summed E-state index contributed by atoms with van der Waals surface area (Å²) in [5.41, 5.74) is 1.08. The molecule has 0 saturated carbocycles. The third-order valence-corrected chi connectivity index (χ3v) is 2.16. The molecule has 4 nitrogen and oxygen atoms in total. The molecule has 0 bridgehead atoms. The molecule has 0 spiro atoms. The Bertz CT molecular complexity index is 297. The number of aromatic nitrogens is 1. The van der Waals surface area contributed by atoms with E-state index in [-0.39, 0.29) is 0 Å². The average molecular weight is 199 g/mol. The number of hydrogen-bond acceptors (Lipinski definition) is 3. The van der Waals surface area contributed by atoms with Crippen molar-refractivity contribution in [3.05, 3.63) is 23.9 Å². The van der Waals surface area contributed by atoms with Crippen LogP contribution in [-0.2, 0) is 17.5 Å². The van der Waals surface area contributed by atoms with Gasteiger partial charge >= 0.3 is 0 Å². The first-order valence-corrected chi connectivity index (χ1v) is 5.06. The molecule has 0 fully saturated rings. The minimum atomic E-state index is -1.47. The van der Waals surface area contributed by atoms with Crippen molar-refractivity contribution in [2.24, 2.45) is 5.14 Å². The third-order valence-electron chi connectivity index (χ3n) is 1.50. The van der Waals surface area contributed by atoms with Crippen LogP contribution in [-0.4, -0.2) is 28.2 Å². The fraction of sp³-hybridized carbons (Fsp3) is 0.375. The van der Waals surface area contributed by atoms with Crippen LogP contribution in [0, 0.1) is 0 Å². The van der Waals surface area contributed by atoms with Gasteiger partial charge in [0.1, 0.15) is 16.0 Å². The minimum absolute atomic E-state index is 0.419. The van der Waals surface area contributed by atoms with E-state index in [1.807, 2.05) is 25.1 Å². The van der Waals surface area contributed by atoms with Gasteiger partial charge in [0.05, 0.1) is 0 Å². The quantitative estimate of drug-likeness (QED) is 0.752. The number of pyridine rings is 1. The molecule has 13 heavy (non-hydrogen) atoms. The second-order valence-corrected chi connectivity index (χ2v) is 4.05. The fourth-order valence-electron chi connectivity index (χ4n) is 0.989. The summed E-state index contributed by atoms with van der Waals surface area (Å²) in [7, 11) is 2.49. The fourth-order valence-corrected chi connectivity index (χ4v) is 1.35. The van der Waals surface area contributed by atoms with E-state index in [1.54, 1.807) is 12.3 Å². The lowest BCUT2D eigenvalue weighted by atomic mass is 10.3. The second kappa shape index (κ2) is 4.45. The van der Waals surface area contributed by atoms with Gasteiger partial charge in [-0.15, -0.1) is 0 Å². The van der Waals surface area contributed by atoms with Crippen LogP contribution in [0.4, 0.5) is 0 Å². The Labute approximate surface area is 80.4 Å². The van der Waals surface area contributed by atoms with Gasteiger partial charge in [-0.1, -0.05) is 6.07 Å². The van der Waals surface area contributed by atoms with Crippen LogP contribution < -0.4 is 5.14 Å². The van der Waals surface area contributed by atoms with E-state index < -0.39 is 11.0 Å². The predicted octanol–water partition coefficient (Wildman–Crippen LogP) is 0.124. The second-order valence-electron chi connectivity index (χ2n) is 3.04. The predicted molar refractivity (Wildman–Crippen MR) is 52.2 cm³/mol. The maximum atomic E-state index is 10.8. The first-order chi connectivity index (χ1) is 6.09. The Kier molecular flexibility index (Phi) is 3.53. The molecule has 0 aliphatic heterocycles. The summed E-state index contributed by atoms with van der Waals surface area (Å²) in [4.78, 5) is 6.02. The largest absolute Gasteiger partial charge is 0.305 e. The van der Waals surface area contributed by atoms with Gasteiger partial charge in [0.2, 0.25) is 0 Å². The van der Waals surface area contributed by atoms with Crippen molar-refractivity contribution in [1.82, 2.24) is 9.88 Å². The van der Waals surface area contributed by atoms with Gasteiger partial charge in [-0.3, -0.25) is 0 Å². The lowest BCUT2D eigenvalue weighted by Gasteiger charge is -2.08. The molecule has 0 radical (unpaired) electrons. The van der Waals surface area contributed by atoms with E-state index >= 15 is 0 Å². The number of nitrogens with zero attached hydrogens (tertiary/aromatic N) is 2. The highest BCUT2D eigenvalue weighted by atomic mass is 32.2. The zero-order valence-electron chi connectivity index (χ0n) is 7.73. The first kappa shape index (κ1) is 10.3. The van der Waals surface area contributed by atoms with Crippen LogP contribution in [0.5, 0.6) is 0 Å². The summed E-state index contributed by atoms with van der Waals surface area (Å²) in [6.07, 6.45) is 1.69. The van der Waals surface area contributed by atoms with E-state index in [2.05, 4.69) is 4.98 Å². The molecule has 1 rings (SSSR count). The van der Waals surface area contributed by atoms with E-state index in [9.17, 15) is 4.21 Å². The zero-order valence-corrected chi connectivity index (χ0v) is 8.54. The smallest absolute Gasteiger partial charge is 0.142 e. The van der Waals surface area contributed by atoms with Crippen molar-refractivity contribution < 1.29 is 4.21 Å². The molecule has 1 atom stereocenters. The Morgan fingerprint density at radius 3 is 2.62 bits per heavy atom. The molecular weight excluding hydrogens is 186 g/mol. The molecule has 0 amide bonds. The van der Waals surface area contributed by atoms with Crippen molar-refractivity contribution >= 4 is 11.0 Å². The molecule has 0 aromatic carbocycles. The number of rotatable bonds is 3. The van der Waals surface area contributed by atoms with Crippen molar-refractivity contribution in [2.75, 3.05) is 14.1 Å². The molecule has 72 valence electrons. The molecule has 0 aliphatic rings. The van der Waals surface area contributed by atoms with Gasteiger partial charge in [0, 0.05) is 12.7 Å². The molecule has 2 N–H and O–H groups in total. The monoisotopic (exact) mass is 199 g/mol. The zero-order chi connectivity index (χ0) is 9.84. The molecule has 1 aromatic rings. The van der Waals surface area contributed by atoms with Crippen LogP contribution in [0.1, 0.15) is 5.56 Å². The van der Waals surface area contributed by atoms with Crippen molar-refractivity contribution in [3.63, 3.8) is 0 Å². The normalized spacial score (nSPS) is 13.2. The van der Waals surface area contributed by atoms with Crippen LogP contribution in [0.3, 0.4) is 0 Å². The lowest BCUT2D eigenvalue weighted by Crippen LogP contribution is -2.11. The Morgan fingerprint density at radius 2 is 2.23 bits per heavy atom. The van der Waals surface area contributed by atoms with Crippen LogP contribution in [0.25, 0.3) is 0 Å². The van der Waals surface area contributed by atoms with Gasteiger partial charge in [-0.2, -0.15) is 0 Å². The molecule has 5 heteroatoms. The third kappa shape index (κ3) is 3.22. The van der Waals surface area contributed by atoms with Crippen molar-refractivity contribution in [3.8, 4) is 0 Å². The lowest BCUT2D eigenvalue weighted by molar-refractivity contribution is 0.401. The Balaban J connectivity index is 2.75. The molecule has 1 unspecified atom stereocenters. The molecular formula is C8H13N3OS. The van der Waals surface area contributed by atoms with Crippen molar-refractivity contribution in [1.29, 1.82) is 0 Å². The molecule has 0 aliphatic carbocycles. The average Bonchev–Trinajstić information content (AvgIpc) is 2.04. The van der Waals surface area contributed by atoms with E-state index in [4.69, 9.17) is 5.14 Å². The SMILES string of the molecule is CN(C)Cc1ccc(S(N)=O)nc1. The van der Waals surface area contributed by atoms with Crippen LogP contribution >= 0.6 is 0 Å². The summed E-state index contributed by atoms with van der Waals surface area (Å²) in [6.45, 7) is 0.824. The van der Waals surface area contributed by atoms with E-state index in [1.165, 1.54) is 0 Å². The highest BCUT2D eigenvalue weighted by Crippen LogP contribution is 2.03. The van der Waals surface area contributed by atoms with E-state index in [0.29, 0.717) is 5.03 Å². The van der Waals surface area contributed by atoms with Gasteiger partial charge in [-0.05, 0) is 25.7 Å². The van der Waals surface area contributed by atoms with Gasteiger partial charge in [0.25, 0.3) is 0 Å². The van der Waals surface area contributed by atoms with Gasteiger partial charge < -0.3 is 4.90 Å². The van der Waals surface area contributed by atoms with Crippen molar-refractivity contribution in [2.45, 2.75) is 11.6 Å². The van der Waals surface area contributed by atoms with Crippen LogP contribution in [0.15, 0.2) is 23.4 Å². The molecule has 1 heterocycles.